The van der Waals surface area contributed by atoms with Crippen LogP contribution >= 0.6 is 0 Å². The second-order valence-electron chi connectivity index (χ2n) is 3.89. The summed E-state index contributed by atoms with van der Waals surface area (Å²) in [4.78, 5) is 22.2. The Kier molecular flexibility index (Phi) is 3.61. The lowest BCUT2D eigenvalue weighted by Crippen LogP contribution is -2.11. The molecule has 3 nitrogen and oxygen atoms in total. The Bertz CT molecular complexity index is 427. The van der Waals surface area contributed by atoms with Crippen LogP contribution in [0.25, 0.3) is 0 Å². The summed E-state index contributed by atoms with van der Waals surface area (Å²) in [5, 5.41) is 8.64. The van der Waals surface area contributed by atoms with Gasteiger partial charge in [-0.25, -0.2) is 4.79 Å². The first-order valence-electron chi connectivity index (χ1n) is 5.00. The first-order valence-corrected chi connectivity index (χ1v) is 5.00. The molecular formula is C13H14O3. The highest BCUT2D eigenvalue weighted by Gasteiger charge is 2.16. The van der Waals surface area contributed by atoms with Crippen molar-refractivity contribution < 1.29 is 14.7 Å². The number of carboxylic acid groups (broad SMARTS) is 1. The topological polar surface area (TPSA) is 54.4 Å². The van der Waals surface area contributed by atoms with Gasteiger partial charge in [-0.1, -0.05) is 44.7 Å². The van der Waals surface area contributed by atoms with Crippen LogP contribution in [0.1, 0.15) is 35.7 Å². The van der Waals surface area contributed by atoms with Crippen molar-refractivity contribution in [2.24, 2.45) is 0 Å². The SMILES string of the molecule is C=C(C(=O)O)C(=O)c1ccc(C(C)C)cc1. The maximum absolute atomic E-state index is 11.6. The summed E-state index contributed by atoms with van der Waals surface area (Å²) in [7, 11) is 0. The van der Waals surface area contributed by atoms with Crippen molar-refractivity contribution in [2.75, 3.05) is 0 Å². The normalized spacial score (nSPS) is 10.2. The molecule has 0 aliphatic rings. The molecule has 1 rings (SSSR count). The highest BCUT2D eigenvalue weighted by atomic mass is 16.4. The van der Waals surface area contributed by atoms with Gasteiger partial charge in [0.15, 0.2) is 5.78 Å². The Labute approximate surface area is 94.4 Å². The predicted octanol–water partition coefficient (Wildman–Crippen LogP) is 2.63. The summed E-state index contributed by atoms with van der Waals surface area (Å²) in [6.07, 6.45) is 0. The highest BCUT2D eigenvalue weighted by Crippen LogP contribution is 2.16. The van der Waals surface area contributed by atoms with Crippen LogP contribution in [0.4, 0.5) is 0 Å². The van der Waals surface area contributed by atoms with Gasteiger partial charge in [-0.15, -0.1) is 0 Å². The van der Waals surface area contributed by atoms with Crippen LogP contribution < -0.4 is 0 Å². The van der Waals surface area contributed by atoms with Gasteiger partial charge in [0.05, 0.1) is 0 Å². The lowest BCUT2D eigenvalue weighted by Gasteiger charge is -2.06. The number of carbonyl (C=O) groups excluding carboxylic acids is 1. The number of rotatable bonds is 4. The summed E-state index contributed by atoms with van der Waals surface area (Å²) < 4.78 is 0. The number of carbonyl (C=O) groups is 2. The van der Waals surface area contributed by atoms with E-state index in [0.717, 1.165) is 5.56 Å². The molecule has 0 fully saturated rings. The van der Waals surface area contributed by atoms with Gasteiger partial charge in [0, 0.05) is 5.56 Å². The van der Waals surface area contributed by atoms with E-state index in [2.05, 4.69) is 6.58 Å². The van der Waals surface area contributed by atoms with E-state index in [9.17, 15) is 9.59 Å². The lowest BCUT2D eigenvalue weighted by atomic mass is 9.98. The molecule has 0 saturated carbocycles. The number of benzene rings is 1. The van der Waals surface area contributed by atoms with Gasteiger partial charge in [0.25, 0.3) is 0 Å². The molecule has 0 unspecified atom stereocenters. The van der Waals surface area contributed by atoms with E-state index >= 15 is 0 Å². The largest absolute Gasteiger partial charge is 0.478 e. The van der Waals surface area contributed by atoms with Crippen LogP contribution in [0.3, 0.4) is 0 Å². The molecule has 0 bridgehead atoms. The minimum absolute atomic E-state index is 0.358. The van der Waals surface area contributed by atoms with Gasteiger partial charge in [0.2, 0.25) is 0 Å². The van der Waals surface area contributed by atoms with Gasteiger partial charge >= 0.3 is 5.97 Å². The molecule has 0 radical (unpaired) electrons. The standard InChI is InChI=1S/C13H14O3/c1-8(2)10-4-6-11(7-5-10)12(14)9(3)13(15)16/h4-8H,3H2,1-2H3,(H,15,16). The van der Waals surface area contributed by atoms with Crippen LogP contribution in [-0.2, 0) is 4.79 Å². The molecule has 0 aromatic heterocycles. The molecule has 0 spiro atoms. The molecule has 0 saturated heterocycles. The number of ketones is 1. The third-order valence-electron chi connectivity index (χ3n) is 2.37. The fraction of sp³-hybridized carbons (Fsp3) is 0.231. The molecule has 3 heteroatoms. The Balaban J connectivity index is 2.94. The van der Waals surface area contributed by atoms with E-state index in [1.807, 2.05) is 26.0 Å². The highest BCUT2D eigenvalue weighted by molar-refractivity contribution is 6.23. The smallest absolute Gasteiger partial charge is 0.339 e. The number of hydrogen-bond donors (Lipinski definition) is 1. The zero-order valence-electron chi connectivity index (χ0n) is 9.36. The van der Waals surface area contributed by atoms with Crippen molar-refractivity contribution >= 4 is 11.8 Å². The second-order valence-corrected chi connectivity index (χ2v) is 3.89. The summed E-state index contributed by atoms with van der Waals surface area (Å²) in [6.45, 7) is 7.34. The van der Waals surface area contributed by atoms with E-state index in [0.29, 0.717) is 11.5 Å². The third-order valence-corrected chi connectivity index (χ3v) is 2.37. The van der Waals surface area contributed by atoms with Gasteiger partial charge in [-0.2, -0.15) is 0 Å². The molecule has 0 atom stereocenters. The number of aliphatic carboxylic acids is 1. The Morgan fingerprint density at radius 3 is 2.06 bits per heavy atom. The lowest BCUT2D eigenvalue weighted by molar-refractivity contribution is -0.132. The number of hydrogen-bond acceptors (Lipinski definition) is 2. The van der Waals surface area contributed by atoms with Crippen molar-refractivity contribution in [3.8, 4) is 0 Å². The fourth-order valence-electron chi connectivity index (χ4n) is 1.29. The molecule has 1 aromatic carbocycles. The summed E-state index contributed by atoms with van der Waals surface area (Å²) in [5.41, 5.74) is 1.06. The van der Waals surface area contributed by atoms with Crippen LogP contribution in [0.15, 0.2) is 36.4 Å². The Hall–Kier alpha value is -1.90. The predicted molar refractivity (Wildman–Crippen MR) is 61.6 cm³/mol. The average molecular weight is 218 g/mol. The summed E-state index contributed by atoms with van der Waals surface area (Å²) in [6, 6.07) is 6.91. The molecule has 84 valence electrons. The Morgan fingerprint density at radius 2 is 1.69 bits per heavy atom. The van der Waals surface area contributed by atoms with Crippen molar-refractivity contribution in [3.05, 3.63) is 47.5 Å². The molecule has 0 amide bonds. The average Bonchev–Trinajstić information content (AvgIpc) is 2.27. The van der Waals surface area contributed by atoms with E-state index in [-0.39, 0.29) is 0 Å². The van der Waals surface area contributed by atoms with E-state index < -0.39 is 17.3 Å². The molecule has 16 heavy (non-hydrogen) atoms. The van der Waals surface area contributed by atoms with Crippen molar-refractivity contribution in [1.82, 2.24) is 0 Å². The molecule has 0 aliphatic carbocycles. The minimum Gasteiger partial charge on any atom is -0.478 e. The number of Topliss-reactive ketones (excluding diaryl/α,β-unsaturated/α-hetero) is 1. The van der Waals surface area contributed by atoms with Crippen molar-refractivity contribution in [3.63, 3.8) is 0 Å². The van der Waals surface area contributed by atoms with E-state index in [1.54, 1.807) is 12.1 Å². The minimum atomic E-state index is -1.28. The molecule has 0 aliphatic heterocycles. The second kappa shape index (κ2) is 4.75. The van der Waals surface area contributed by atoms with Crippen LogP contribution in [0.5, 0.6) is 0 Å². The molecular weight excluding hydrogens is 204 g/mol. The molecule has 1 N–H and O–H groups in total. The monoisotopic (exact) mass is 218 g/mol. The van der Waals surface area contributed by atoms with Crippen LogP contribution in [0.2, 0.25) is 0 Å². The van der Waals surface area contributed by atoms with Crippen molar-refractivity contribution in [2.45, 2.75) is 19.8 Å². The maximum atomic E-state index is 11.6. The summed E-state index contributed by atoms with van der Waals surface area (Å²) >= 11 is 0. The van der Waals surface area contributed by atoms with E-state index in [1.165, 1.54) is 0 Å². The first kappa shape index (κ1) is 12.2. The zero-order chi connectivity index (χ0) is 12.3. The van der Waals surface area contributed by atoms with Gasteiger partial charge < -0.3 is 5.11 Å². The van der Waals surface area contributed by atoms with Gasteiger partial charge in [0.1, 0.15) is 5.57 Å². The third kappa shape index (κ3) is 2.57. The molecule has 1 aromatic rings. The summed E-state index contributed by atoms with van der Waals surface area (Å²) in [5.74, 6) is -1.44. The van der Waals surface area contributed by atoms with Crippen LogP contribution in [0, 0.1) is 0 Å². The zero-order valence-corrected chi connectivity index (χ0v) is 9.36. The maximum Gasteiger partial charge on any atom is 0.339 e. The molecule has 0 heterocycles. The first-order chi connectivity index (χ1) is 7.43. The van der Waals surface area contributed by atoms with E-state index in [4.69, 9.17) is 5.11 Å². The van der Waals surface area contributed by atoms with Crippen molar-refractivity contribution in [1.29, 1.82) is 0 Å². The Morgan fingerprint density at radius 1 is 1.19 bits per heavy atom. The van der Waals surface area contributed by atoms with Gasteiger partial charge in [-0.3, -0.25) is 4.79 Å². The quantitative estimate of drug-likeness (QED) is 0.366. The van der Waals surface area contributed by atoms with Gasteiger partial charge in [-0.05, 0) is 11.5 Å². The van der Waals surface area contributed by atoms with Crippen LogP contribution in [-0.4, -0.2) is 16.9 Å². The fourth-order valence-corrected chi connectivity index (χ4v) is 1.29. The number of carboxylic acids is 1.